The second kappa shape index (κ2) is 7.39. The van der Waals surface area contributed by atoms with E-state index in [9.17, 15) is 4.39 Å². The smallest absolute Gasteiger partial charge is 0.127 e. The number of nitrogens with one attached hydrogen (secondary N) is 1. The molecule has 0 heterocycles. The Morgan fingerprint density at radius 3 is 2.50 bits per heavy atom. The molecule has 0 saturated heterocycles. The van der Waals surface area contributed by atoms with E-state index in [4.69, 9.17) is 17.4 Å². The van der Waals surface area contributed by atoms with Gasteiger partial charge in [-0.05, 0) is 37.0 Å². The molecular weight excluding hydrogens is 275 g/mol. The lowest BCUT2D eigenvalue weighted by Gasteiger charge is -2.17. The molecule has 0 saturated carbocycles. The second-order valence-corrected chi connectivity index (χ2v) is 5.20. The van der Waals surface area contributed by atoms with Gasteiger partial charge in [0.05, 0.1) is 0 Å². The van der Waals surface area contributed by atoms with Gasteiger partial charge < -0.3 is 0 Å². The van der Waals surface area contributed by atoms with Crippen LogP contribution in [0.5, 0.6) is 0 Å². The van der Waals surface area contributed by atoms with Gasteiger partial charge in [0, 0.05) is 16.6 Å². The van der Waals surface area contributed by atoms with Gasteiger partial charge in [0.15, 0.2) is 0 Å². The van der Waals surface area contributed by atoms with E-state index in [2.05, 4.69) is 17.6 Å². The molecule has 2 aromatic carbocycles. The molecule has 3 N–H and O–H groups in total. The Kier molecular flexibility index (Phi) is 5.53. The van der Waals surface area contributed by atoms with Crippen molar-refractivity contribution >= 4 is 11.6 Å². The number of hydrogen-bond acceptors (Lipinski definition) is 2. The lowest BCUT2D eigenvalue weighted by molar-refractivity contribution is 0.480. The van der Waals surface area contributed by atoms with Gasteiger partial charge in [0.25, 0.3) is 0 Å². The fourth-order valence-corrected chi connectivity index (χ4v) is 2.44. The van der Waals surface area contributed by atoms with Crippen molar-refractivity contribution in [2.45, 2.75) is 25.3 Å². The van der Waals surface area contributed by atoms with Crippen molar-refractivity contribution in [3.8, 4) is 0 Å². The molecule has 0 spiro atoms. The highest BCUT2D eigenvalue weighted by Gasteiger charge is 2.14. The van der Waals surface area contributed by atoms with E-state index < -0.39 is 0 Å². The topological polar surface area (TPSA) is 38.0 Å². The summed E-state index contributed by atoms with van der Waals surface area (Å²) < 4.78 is 13.8. The Morgan fingerprint density at radius 1 is 1.10 bits per heavy atom. The molecule has 0 aliphatic carbocycles. The van der Waals surface area contributed by atoms with Crippen LogP contribution in [0.25, 0.3) is 0 Å². The SMILES string of the molecule is NNC(CCc1ccccc1)Cc1c(F)cccc1Cl. The van der Waals surface area contributed by atoms with Crippen molar-refractivity contribution in [3.05, 3.63) is 70.5 Å². The van der Waals surface area contributed by atoms with Crippen LogP contribution in [0, 0.1) is 5.82 Å². The van der Waals surface area contributed by atoms with Crippen molar-refractivity contribution in [1.29, 1.82) is 0 Å². The number of hydrogen-bond donors (Lipinski definition) is 2. The third-order valence-corrected chi connectivity index (χ3v) is 3.73. The lowest BCUT2D eigenvalue weighted by Crippen LogP contribution is -2.37. The van der Waals surface area contributed by atoms with Gasteiger partial charge in [-0.3, -0.25) is 11.3 Å². The summed E-state index contributed by atoms with van der Waals surface area (Å²) in [5.41, 5.74) is 4.51. The van der Waals surface area contributed by atoms with Crippen LogP contribution in [0.2, 0.25) is 5.02 Å². The third kappa shape index (κ3) is 4.04. The molecule has 2 aromatic rings. The molecule has 2 rings (SSSR count). The van der Waals surface area contributed by atoms with Gasteiger partial charge in [-0.15, -0.1) is 0 Å². The molecular formula is C16H18ClFN2. The summed E-state index contributed by atoms with van der Waals surface area (Å²) in [5.74, 6) is 5.29. The minimum Gasteiger partial charge on any atom is -0.271 e. The number of aryl methyl sites for hydroxylation is 1. The summed E-state index contributed by atoms with van der Waals surface area (Å²) in [6, 6.07) is 14.9. The highest BCUT2D eigenvalue weighted by Crippen LogP contribution is 2.21. The van der Waals surface area contributed by atoms with Gasteiger partial charge in [0.2, 0.25) is 0 Å². The first kappa shape index (κ1) is 15.0. The van der Waals surface area contributed by atoms with Gasteiger partial charge in [-0.1, -0.05) is 48.0 Å². The van der Waals surface area contributed by atoms with Crippen LogP contribution in [0.1, 0.15) is 17.5 Å². The van der Waals surface area contributed by atoms with Crippen LogP contribution in [-0.2, 0) is 12.8 Å². The maximum atomic E-state index is 13.8. The molecule has 20 heavy (non-hydrogen) atoms. The quantitative estimate of drug-likeness (QED) is 0.632. The normalized spacial score (nSPS) is 12.3. The van der Waals surface area contributed by atoms with Crippen LogP contribution in [0.3, 0.4) is 0 Å². The zero-order valence-corrected chi connectivity index (χ0v) is 11.9. The summed E-state index contributed by atoms with van der Waals surface area (Å²) in [4.78, 5) is 0. The maximum Gasteiger partial charge on any atom is 0.127 e. The Balaban J connectivity index is 1.99. The Morgan fingerprint density at radius 2 is 1.85 bits per heavy atom. The van der Waals surface area contributed by atoms with E-state index in [1.54, 1.807) is 12.1 Å². The van der Waals surface area contributed by atoms with Crippen molar-refractivity contribution in [2.75, 3.05) is 0 Å². The van der Waals surface area contributed by atoms with E-state index in [1.807, 2.05) is 18.2 Å². The zero-order valence-electron chi connectivity index (χ0n) is 11.2. The van der Waals surface area contributed by atoms with E-state index >= 15 is 0 Å². The first-order valence-electron chi connectivity index (χ1n) is 6.63. The number of rotatable bonds is 6. The van der Waals surface area contributed by atoms with Crippen LogP contribution in [-0.4, -0.2) is 6.04 Å². The molecule has 106 valence electrons. The number of halogens is 2. The Labute approximate surface area is 123 Å². The molecule has 1 atom stereocenters. The molecule has 2 nitrogen and oxygen atoms in total. The van der Waals surface area contributed by atoms with Crippen LogP contribution >= 0.6 is 11.6 Å². The standard InChI is InChI=1S/C16H18ClFN2/c17-15-7-4-8-16(18)14(15)11-13(20-19)10-9-12-5-2-1-3-6-12/h1-8,13,20H,9-11,19H2. The van der Waals surface area contributed by atoms with Crippen LogP contribution in [0.4, 0.5) is 4.39 Å². The van der Waals surface area contributed by atoms with Gasteiger partial charge >= 0.3 is 0 Å². The third-order valence-electron chi connectivity index (χ3n) is 3.37. The Hall–Kier alpha value is -1.42. The largest absolute Gasteiger partial charge is 0.271 e. The Bertz CT molecular complexity index is 525. The summed E-state index contributed by atoms with van der Waals surface area (Å²) in [5, 5.41) is 0.449. The average Bonchev–Trinajstić information content (AvgIpc) is 2.47. The van der Waals surface area contributed by atoms with E-state index in [0.29, 0.717) is 17.0 Å². The molecule has 0 radical (unpaired) electrons. The second-order valence-electron chi connectivity index (χ2n) is 4.79. The molecule has 0 aliphatic rings. The number of nitrogens with two attached hydrogens (primary N) is 1. The average molecular weight is 293 g/mol. The van der Waals surface area contributed by atoms with Crippen molar-refractivity contribution in [2.24, 2.45) is 5.84 Å². The van der Waals surface area contributed by atoms with Gasteiger partial charge in [0.1, 0.15) is 5.82 Å². The van der Waals surface area contributed by atoms with Gasteiger partial charge in [-0.2, -0.15) is 0 Å². The zero-order chi connectivity index (χ0) is 14.4. The highest BCUT2D eigenvalue weighted by molar-refractivity contribution is 6.31. The molecule has 0 aromatic heterocycles. The molecule has 0 fully saturated rings. The first-order chi connectivity index (χ1) is 9.70. The lowest BCUT2D eigenvalue weighted by atomic mass is 9.99. The summed E-state index contributed by atoms with van der Waals surface area (Å²) >= 11 is 6.04. The van der Waals surface area contributed by atoms with E-state index in [-0.39, 0.29) is 11.9 Å². The van der Waals surface area contributed by atoms with Crippen molar-refractivity contribution in [3.63, 3.8) is 0 Å². The highest BCUT2D eigenvalue weighted by atomic mass is 35.5. The van der Waals surface area contributed by atoms with Crippen LogP contribution < -0.4 is 11.3 Å². The maximum absolute atomic E-state index is 13.8. The van der Waals surface area contributed by atoms with Crippen molar-refractivity contribution in [1.82, 2.24) is 5.43 Å². The number of benzene rings is 2. The molecule has 0 amide bonds. The van der Waals surface area contributed by atoms with Crippen LogP contribution in [0.15, 0.2) is 48.5 Å². The fourth-order valence-electron chi connectivity index (χ4n) is 2.20. The predicted molar refractivity (Wildman–Crippen MR) is 81.0 cm³/mol. The minimum atomic E-state index is -0.280. The minimum absolute atomic E-state index is 0.00962. The summed E-state index contributed by atoms with van der Waals surface area (Å²) in [7, 11) is 0. The number of hydrazine groups is 1. The molecule has 0 aliphatic heterocycles. The monoisotopic (exact) mass is 292 g/mol. The molecule has 4 heteroatoms. The van der Waals surface area contributed by atoms with Crippen molar-refractivity contribution < 1.29 is 4.39 Å². The summed E-state index contributed by atoms with van der Waals surface area (Å²) in [6.07, 6.45) is 2.20. The van der Waals surface area contributed by atoms with E-state index in [0.717, 1.165) is 12.8 Å². The summed E-state index contributed by atoms with van der Waals surface area (Å²) in [6.45, 7) is 0. The van der Waals surface area contributed by atoms with Gasteiger partial charge in [-0.25, -0.2) is 4.39 Å². The fraction of sp³-hybridized carbons (Fsp3) is 0.250. The molecule has 0 bridgehead atoms. The first-order valence-corrected chi connectivity index (χ1v) is 7.01. The molecule has 1 unspecified atom stereocenters. The predicted octanol–water partition coefficient (Wildman–Crippen LogP) is 3.49. The van der Waals surface area contributed by atoms with E-state index in [1.165, 1.54) is 11.6 Å².